The lowest BCUT2D eigenvalue weighted by Gasteiger charge is -2.49. The van der Waals surface area contributed by atoms with Crippen LogP contribution in [0.1, 0.15) is 55.5 Å². The van der Waals surface area contributed by atoms with Crippen LogP contribution in [0, 0.1) is 11.8 Å². The fourth-order valence-corrected chi connectivity index (χ4v) is 4.24. The molecule has 3 atom stereocenters. The Labute approximate surface area is 134 Å². The highest BCUT2D eigenvalue weighted by atomic mass is 16.5. The maximum absolute atomic E-state index is 12.4. The monoisotopic (exact) mass is 304 g/mol. The van der Waals surface area contributed by atoms with Crippen LogP contribution >= 0.6 is 0 Å². The highest BCUT2D eigenvalue weighted by molar-refractivity contribution is 5.99. The average molecular weight is 304 g/mol. The van der Waals surface area contributed by atoms with Crippen LogP contribution in [0.4, 0.5) is 0 Å². The number of ketones is 1. The number of fused-ring (bicyclic) bond motifs is 3. The Morgan fingerprint density at radius 3 is 2.55 bits per heavy atom. The molecule has 1 saturated carbocycles. The predicted octanol–water partition coefficient (Wildman–Crippen LogP) is 4.24. The third-order valence-electron chi connectivity index (χ3n) is 5.41. The minimum atomic E-state index is 0.148. The lowest BCUT2D eigenvalue weighted by molar-refractivity contribution is 0.0755. The Morgan fingerprint density at radius 1 is 1.23 bits per heavy atom. The molecule has 0 heterocycles. The molecule has 0 saturated heterocycles. The predicted molar refractivity (Wildman–Crippen MR) is 88.7 cm³/mol. The Hall–Kier alpha value is -1.35. The van der Waals surface area contributed by atoms with Gasteiger partial charge in [-0.25, -0.2) is 0 Å². The zero-order valence-electron chi connectivity index (χ0n) is 14.4. The fourth-order valence-electron chi connectivity index (χ4n) is 4.24. The first-order valence-corrected chi connectivity index (χ1v) is 8.09. The summed E-state index contributed by atoms with van der Waals surface area (Å²) in [5.41, 5.74) is 2.29. The Kier molecular flexibility index (Phi) is 5.28. The topological polar surface area (TPSA) is 35.5 Å². The van der Waals surface area contributed by atoms with Crippen molar-refractivity contribution >= 4 is 5.78 Å². The maximum atomic E-state index is 12.4. The number of hydrogen-bond acceptors (Lipinski definition) is 3. The second kappa shape index (κ2) is 6.82. The molecular weight excluding hydrogens is 276 g/mol. The summed E-state index contributed by atoms with van der Waals surface area (Å²) in [5, 5.41) is 0. The van der Waals surface area contributed by atoms with Crippen LogP contribution < -0.4 is 4.74 Å². The van der Waals surface area contributed by atoms with Crippen molar-refractivity contribution in [3.8, 4) is 5.75 Å². The van der Waals surface area contributed by atoms with Crippen LogP contribution in [-0.4, -0.2) is 27.1 Å². The molecule has 0 bridgehead atoms. The summed E-state index contributed by atoms with van der Waals surface area (Å²) in [6, 6.07) is 5.96. The lowest BCUT2D eigenvalue weighted by Crippen LogP contribution is -2.45. The first kappa shape index (κ1) is 17.0. The fraction of sp³-hybridized carbons (Fsp3) is 0.632. The van der Waals surface area contributed by atoms with Gasteiger partial charge in [-0.15, -0.1) is 0 Å². The second-order valence-corrected chi connectivity index (χ2v) is 6.84. The third-order valence-corrected chi connectivity index (χ3v) is 5.41. The van der Waals surface area contributed by atoms with Crippen LogP contribution in [0.15, 0.2) is 18.2 Å². The van der Waals surface area contributed by atoms with Gasteiger partial charge in [-0.05, 0) is 47.4 Å². The summed E-state index contributed by atoms with van der Waals surface area (Å²) in [7, 11) is 4.94. The van der Waals surface area contributed by atoms with E-state index >= 15 is 0 Å². The van der Waals surface area contributed by atoms with Gasteiger partial charge < -0.3 is 9.47 Å². The molecule has 22 heavy (non-hydrogen) atoms. The van der Waals surface area contributed by atoms with Crippen LogP contribution in [0.5, 0.6) is 5.75 Å². The summed E-state index contributed by atoms with van der Waals surface area (Å²) in [4.78, 5) is 12.4. The number of ether oxygens (including phenoxy) is 2. The smallest absolute Gasteiger partial charge is 0.163 e. The average Bonchev–Trinajstić information content (AvgIpc) is 2.50. The first-order chi connectivity index (χ1) is 10.5. The van der Waals surface area contributed by atoms with Gasteiger partial charge in [0.2, 0.25) is 0 Å². The summed E-state index contributed by atoms with van der Waals surface area (Å²) in [6.45, 7) is 4.65. The Morgan fingerprint density at radius 2 is 1.91 bits per heavy atom. The molecule has 0 spiro atoms. The molecule has 0 radical (unpaired) electrons. The number of methoxy groups -OCH3 is 2. The highest BCUT2D eigenvalue weighted by Crippen LogP contribution is 2.52. The lowest BCUT2D eigenvalue weighted by atomic mass is 9.55. The van der Waals surface area contributed by atoms with Gasteiger partial charge in [0.15, 0.2) is 5.78 Å². The standard InChI is InChI=1S/C17H22O2.C2H6O/c1-11-5-4-8-17(2)14(11)10-16(18)13-7-6-12(19-3)9-15(13)17;1-3-2/h6-7,9,11,14H,4-5,8,10H2,1-3H3;1-2H3/t11-,14?,17+;/m0./s1. The molecule has 2 aliphatic rings. The maximum Gasteiger partial charge on any atom is 0.163 e. The molecule has 3 rings (SSSR count). The van der Waals surface area contributed by atoms with Gasteiger partial charge >= 0.3 is 0 Å². The highest BCUT2D eigenvalue weighted by Gasteiger charge is 2.47. The summed E-state index contributed by atoms with van der Waals surface area (Å²) >= 11 is 0. The number of rotatable bonds is 1. The zero-order chi connectivity index (χ0) is 16.3. The summed E-state index contributed by atoms with van der Waals surface area (Å²) < 4.78 is 9.61. The van der Waals surface area contributed by atoms with E-state index in [2.05, 4.69) is 24.7 Å². The van der Waals surface area contributed by atoms with E-state index in [0.717, 1.165) is 17.7 Å². The molecule has 1 fully saturated rings. The molecule has 3 heteroatoms. The van der Waals surface area contributed by atoms with E-state index in [9.17, 15) is 4.79 Å². The molecule has 0 aromatic heterocycles. The minimum Gasteiger partial charge on any atom is -0.497 e. The van der Waals surface area contributed by atoms with Crippen molar-refractivity contribution in [1.82, 2.24) is 0 Å². The van der Waals surface area contributed by atoms with E-state index in [-0.39, 0.29) is 5.41 Å². The van der Waals surface area contributed by atoms with Gasteiger partial charge in [-0.2, -0.15) is 0 Å². The van der Waals surface area contributed by atoms with E-state index in [1.807, 2.05) is 12.1 Å². The van der Waals surface area contributed by atoms with Crippen molar-refractivity contribution in [2.75, 3.05) is 21.3 Å². The molecule has 0 aliphatic heterocycles. The van der Waals surface area contributed by atoms with Crippen molar-refractivity contribution in [3.05, 3.63) is 29.3 Å². The molecular formula is C19H28O3. The molecule has 3 nitrogen and oxygen atoms in total. The summed E-state index contributed by atoms with van der Waals surface area (Å²) in [5.74, 6) is 2.32. The van der Waals surface area contributed by atoms with Gasteiger partial charge in [0.05, 0.1) is 7.11 Å². The number of Topliss-reactive ketones (excluding diaryl/α,β-unsaturated/α-hetero) is 1. The van der Waals surface area contributed by atoms with Crippen LogP contribution in [0.3, 0.4) is 0 Å². The van der Waals surface area contributed by atoms with Crippen molar-refractivity contribution in [1.29, 1.82) is 0 Å². The zero-order valence-corrected chi connectivity index (χ0v) is 14.4. The normalized spacial score (nSPS) is 29.8. The van der Waals surface area contributed by atoms with Gasteiger partial charge in [0.1, 0.15) is 5.75 Å². The van der Waals surface area contributed by atoms with E-state index in [0.29, 0.717) is 17.6 Å². The first-order valence-electron chi connectivity index (χ1n) is 8.09. The van der Waals surface area contributed by atoms with Gasteiger partial charge in [-0.1, -0.05) is 26.7 Å². The molecule has 2 aliphatic carbocycles. The number of carbonyl (C=O) groups is 1. The van der Waals surface area contributed by atoms with Crippen molar-refractivity contribution < 1.29 is 14.3 Å². The minimum absolute atomic E-state index is 0.148. The molecule has 0 N–H and O–H groups in total. The van der Waals surface area contributed by atoms with Gasteiger partial charge in [0.25, 0.3) is 0 Å². The van der Waals surface area contributed by atoms with Gasteiger partial charge in [0, 0.05) is 26.2 Å². The summed E-state index contributed by atoms with van der Waals surface area (Å²) in [6.07, 6.45) is 4.43. The Bertz CT molecular complexity index is 537. The molecule has 1 aromatic rings. The van der Waals surface area contributed by atoms with Crippen molar-refractivity contribution in [3.63, 3.8) is 0 Å². The largest absolute Gasteiger partial charge is 0.497 e. The Balaban J connectivity index is 0.000000545. The van der Waals surface area contributed by atoms with Crippen LogP contribution in [0.2, 0.25) is 0 Å². The van der Waals surface area contributed by atoms with E-state index in [1.54, 1.807) is 21.3 Å². The van der Waals surface area contributed by atoms with E-state index in [4.69, 9.17) is 4.74 Å². The van der Waals surface area contributed by atoms with E-state index in [1.165, 1.54) is 24.8 Å². The third kappa shape index (κ3) is 2.91. The SMILES string of the molecule is COC.COc1ccc2c(c1)[C@]1(C)CCC[C@H](C)C1CC2=O. The molecule has 0 amide bonds. The van der Waals surface area contributed by atoms with Gasteiger partial charge in [-0.3, -0.25) is 4.79 Å². The molecule has 1 unspecified atom stereocenters. The van der Waals surface area contributed by atoms with Crippen LogP contribution in [-0.2, 0) is 10.2 Å². The second-order valence-electron chi connectivity index (χ2n) is 6.84. The van der Waals surface area contributed by atoms with Crippen molar-refractivity contribution in [2.24, 2.45) is 11.8 Å². The molecule has 122 valence electrons. The number of carbonyl (C=O) groups excluding carboxylic acids is 1. The van der Waals surface area contributed by atoms with E-state index < -0.39 is 0 Å². The number of hydrogen-bond donors (Lipinski definition) is 0. The van der Waals surface area contributed by atoms with Crippen LogP contribution in [0.25, 0.3) is 0 Å². The quantitative estimate of drug-likeness (QED) is 0.778. The molecule has 1 aromatic carbocycles. The number of benzene rings is 1. The van der Waals surface area contributed by atoms with Crippen molar-refractivity contribution in [2.45, 2.75) is 44.9 Å².